The van der Waals surface area contributed by atoms with E-state index in [2.05, 4.69) is 26.0 Å². The summed E-state index contributed by atoms with van der Waals surface area (Å²) in [6.45, 7) is 7.86. The molecular weight excluding hydrogens is 286 g/mol. The quantitative estimate of drug-likeness (QED) is 0.627. The van der Waals surface area contributed by atoms with E-state index >= 15 is 0 Å². The summed E-state index contributed by atoms with van der Waals surface area (Å²) < 4.78 is 5.81. The Bertz CT molecular complexity index is 488. The Labute approximate surface area is 140 Å². The second kappa shape index (κ2) is 7.65. The molecule has 0 aromatic heterocycles. The number of piperidine rings is 1. The zero-order chi connectivity index (χ0) is 16.2. The highest BCUT2D eigenvalue weighted by atomic mass is 16.6. The topological polar surface area (TPSA) is 30.7 Å². The molecule has 2 aliphatic heterocycles. The number of nitrogens with one attached hydrogen (secondary N) is 1. The van der Waals surface area contributed by atoms with Gasteiger partial charge in [0.1, 0.15) is 12.0 Å². The molecule has 3 rings (SSSR count). The van der Waals surface area contributed by atoms with Crippen LogP contribution in [0.4, 0.5) is 0 Å². The largest absolute Gasteiger partial charge is 0.457 e. The van der Waals surface area contributed by atoms with E-state index in [4.69, 9.17) is 4.74 Å². The standard InChI is InChI=1S/C20H31NO2/c1-15-7-6-8-16(2)13-19-17(10-9-15)18(20(22)23-19)14-21-11-4-3-5-12-21/h7,13,17-19H,3-6,8-12,14H2,1-2H3/p+1/b15-7+,16-13?/t17-,18+,19+/m1/s1. The van der Waals surface area contributed by atoms with E-state index < -0.39 is 0 Å². The Kier molecular flexibility index (Phi) is 5.58. The third kappa shape index (κ3) is 4.26. The smallest absolute Gasteiger partial charge is 0.315 e. The second-order valence-corrected chi connectivity index (χ2v) is 7.83. The van der Waals surface area contributed by atoms with Crippen LogP contribution in [0.15, 0.2) is 23.3 Å². The third-order valence-electron chi connectivity index (χ3n) is 5.92. The highest BCUT2D eigenvalue weighted by Crippen LogP contribution is 2.35. The number of fused-ring (bicyclic) bond motifs is 1. The predicted molar refractivity (Wildman–Crippen MR) is 92.3 cm³/mol. The summed E-state index contributed by atoms with van der Waals surface area (Å²) in [5, 5.41) is 0. The van der Waals surface area contributed by atoms with Gasteiger partial charge in [0.2, 0.25) is 0 Å². The molecule has 0 spiro atoms. The fraction of sp³-hybridized carbons (Fsp3) is 0.750. The molecule has 2 saturated heterocycles. The lowest BCUT2D eigenvalue weighted by atomic mass is 9.83. The monoisotopic (exact) mass is 318 g/mol. The van der Waals surface area contributed by atoms with E-state index in [1.54, 1.807) is 4.90 Å². The SMILES string of the molecule is CC1=C[C@@H]2OC(=O)[C@@H](C[NH+]3CCCCC3)[C@H]2CC/C(C)=C/CC1. The normalized spacial score (nSPS) is 35.7. The van der Waals surface area contributed by atoms with Crippen LogP contribution < -0.4 is 4.90 Å². The Morgan fingerprint density at radius 2 is 1.91 bits per heavy atom. The molecule has 3 atom stereocenters. The minimum atomic E-state index is 0.0163. The van der Waals surface area contributed by atoms with Gasteiger partial charge in [-0.05, 0) is 64.9 Å². The molecule has 0 saturated carbocycles. The zero-order valence-corrected chi connectivity index (χ0v) is 14.8. The maximum Gasteiger partial charge on any atom is 0.315 e. The summed E-state index contributed by atoms with van der Waals surface area (Å²) in [6, 6.07) is 0. The maximum absolute atomic E-state index is 12.5. The Hall–Kier alpha value is -1.09. The van der Waals surface area contributed by atoms with Crippen LogP contribution in [0, 0.1) is 11.8 Å². The molecule has 0 aromatic rings. The van der Waals surface area contributed by atoms with Gasteiger partial charge >= 0.3 is 5.97 Å². The maximum atomic E-state index is 12.5. The molecule has 0 aromatic carbocycles. The van der Waals surface area contributed by atoms with Gasteiger partial charge in [0.05, 0.1) is 19.6 Å². The summed E-state index contributed by atoms with van der Waals surface area (Å²) in [5.74, 6) is 0.528. The van der Waals surface area contributed by atoms with Gasteiger partial charge in [0.25, 0.3) is 0 Å². The van der Waals surface area contributed by atoms with E-state index in [-0.39, 0.29) is 18.0 Å². The van der Waals surface area contributed by atoms with Crippen molar-refractivity contribution in [2.24, 2.45) is 11.8 Å². The Balaban J connectivity index is 1.74. The van der Waals surface area contributed by atoms with Crippen LogP contribution in [0.25, 0.3) is 0 Å². The van der Waals surface area contributed by atoms with Crippen LogP contribution >= 0.6 is 0 Å². The molecule has 128 valence electrons. The summed E-state index contributed by atoms with van der Waals surface area (Å²) in [5.41, 5.74) is 2.84. The van der Waals surface area contributed by atoms with Crippen molar-refractivity contribution in [3.8, 4) is 0 Å². The molecule has 3 nitrogen and oxygen atoms in total. The molecule has 3 aliphatic rings. The molecule has 0 radical (unpaired) electrons. The Morgan fingerprint density at radius 3 is 2.70 bits per heavy atom. The van der Waals surface area contributed by atoms with Gasteiger partial charge in [-0.2, -0.15) is 0 Å². The molecule has 1 aliphatic carbocycles. The minimum absolute atomic E-state index is 0.0163. The molecule has 23 heavy (non-hydrogen) atoms. The fourth-order valence-electron chi connectivity index (χ4n) is 4.44. The molecule has 2 fully saturated rings. The fourth-order valence-corrected chi connectivity index (χ4v) is 4.44. The number of hydrogen-bond donors (Lipinski definition) is 1. The number of allylic oxidation sites excluding steroid dienone is 3. The lowest BCUT2D eigenvalue weighted by Crippen LogP contribution is -3.13. The number of esters is 1. The van der Waals surface area contributed by atoms with E-state index in [0.29, 0.717) is 5.92 Å². The first-order valence-electron chi connectivity index (χ1n) is 9.50. The molecule has 0 unspecified atom stereocenters. The molecule has 0 amide bonds. The number of ether oxygens (including phenoxy) is 1. The van der Waals surface area contributed by atoms with Crippen LogP contribution in [-0.2, 0) is 9.53 Å². The Morgan fingerprint density at radius 1 is 1.13 bits per heavy atom. The molecule has 1 N–H and O–H groups in total. The van der Waals surface area contributed by atoms with E-state index in [0.717, 1.165) is 32.2 Å². The summed E-state index contributed by atoms with van der Waals surface area (Å²) >= 11 is 0. The van der Waals surface area contributed by atoms with Gasteiger partial charge in [-0.3, -0.25) is 4.79 Å². The van der Waals surface area contributed by atoms with Crippen LogP contribution in [-0.4, -0.2) is 31.7 Å². The van der Waals surface area contributed by atoms with Gasteiger partial charge in [0.15, 0.2) is 0 Å². The van der Waals surface area contributed by atoms with Crippen molar-refractivity contribution in [1.82, 2.24) is 0 Å². The van der Waals surface area contributed by atoms with E-state index in [1.807, 2.05) is 0 Å². The summed E-state index contributed by atoms with van der Waals surface area (Å²) in [7, 11) is 0. The van der Waals surface area contributed by atoms with Crippen molar-refractivity contribution in [1.29, 1.82) is 0 Å². The van der Waals surface area contributed by atoms with Gasteiger partial charge < -0.3 is 9.64 Å². The van der Waals surface area contributed by atoms with Crippen LogP contribution in [0.2, 0.25) is 0 Å². The number of carbonyl (C=O) groups excluding carboxylic acids is 1. The van der Waals surface area contributed by atoms with Gasteiger partial charge in [-0.1, -0.05) is 17.2 Å². The van der Waals surface area contributed by atoms with Crippen molar-refractivity contribution in [3.63, 3.8) is 0 Å². The van der Waals surface area contributed by atoms with Gasteiger partial charge in [0, 0.05) is 5.92 Å². The zero-order valence-electron chi connectivity index (χ0n) is 14.8. The number of quaternary nitrogens is 1. The summed E-state index contributed by atoms with van der Waals surface area (Å²) in [4.78, 5) is 14.1. The minimum Gasteiger partial charge on any atom is -0.457 e. The van der Waals surface area contributed by atoms with Crippen molar-refractivity contribution in [2.75, 3.05) is 19.6 Å². The van der Waals surface area contributed by atoms with Crippen molar-refractivity contribution < 1.29 is 14.4 Å². The molecule has 0 bridgehead atoms. The van der Waals surface area contributed by atoms with Crippen molar-refractivity contribution in [3.05, 3.63) is 23.3 Å². The van der Waals surface area contributed by atoms with Crippen molar-refractivity contribution >= 4 is 5.97 Å². The highest BCUT2D eigenvalue weighted by Gasteiger charge is 2.45. The average Bonchev–Trinajstić information content (AvgIpc) is 2.81. The van der Waals surface area contributed by atoms with Crippen LogP contribution in [0.1, 0.15) is 58.8 Å². The molecular formula is C20H32NO2+. The van der Waals surface area contributed by atoms with Crippen molar-refractivity contribution in [2.45, 2.75) is 64.9 Å². The van der Waals surface area contributed by atoms with Crippen LogP contribution in [0.5, 0.6) is 0 Å². The summed E-state index contributed by atoms with van der Waals surface area (Å²) in [6.07, 6.45) is 13.0. The lowest BCUT2D eigenvalue weighted by Gasteiger charge is -2.27. The first kappa shape index (κ1) is 16.8. The van der Waals surface area contributed by atoms with E-state index in [9.17, 15) is 4.79 Å². The number of carbonyl (C=O) groups is 1. The average molecular weight is 318 g/mol. The first-order valence-corrected chi connectivity index (χ1v) is 9.50. The van der Waals surface area contributed by atoms with E-state index in [1.165, 1.54) is 43.5 Å². The number of rotatable bonds is 2. The lowest BCUT2D eigenvalue weighted by molar-refractivity contribution is -0.907. The second-order valence-electron chi connectivity index (χ2n) is 7.83. The van der Waals surface area contributed by atoms with Gasteiger partial charge in [-0.25, -0.2) is 0 Å². The molecule has 3 heteroatoms. The number of hydrogen-bond acceptors (Lipinski definition) is 2. The predicted octanol–water partition coefficient (Wildman–Crippen LogP) is 2.68. The third-order valence-corrected chi connectivity index (χ3v) is 5.92. The first-order chi connectivity index (χ1) is 11.1. The highest BCUT2D eigenvalue weighted by molar-refractivity contribution is 5.75. The van der Waals surface area contributed by atoms with Crippen LogP contribution in [0.3, 0.4) is 0 Å². The molecule has 2 heterocycles. The van der Waals surface area contributed by atoms with Gasteiger partial charge in [-0.15, -0.1) is 0 Å². The number of likely N-dealkylation sites (tertiary alicyclic amines) is 1.